The van der Waals surface area contributed by atoms with Gasteiger partial charge in [-0.3, -0.25) is 0 Å². The molecule has 0 aromatic heterocycles. The van der Waals surface area contributed by atoms with Gasteiger partial charge in [0.1, 0.15) is 0 Å². The van der Waals surface area contributed by atoms with Crippen molar-refractivity contribution in [2.75, 3.05) is 0 Å². The van der Waals surface area contributed by atoms with Crippen molar-refractivity contribution in [3.63, 3.8) is 0 Å². The molecule has 0 bridgehead atoms. The van der Waals surface area contributed by atoms with Crippen LogP contribution in [0.1, 0.15) is 38.8 Å². The standard InChI is InChI=1S/C14H22/c1-5-13-8-6-7-9-14(13)10-12(4)11(2)3/h6-9,11-12H,5,10H2,1-4H3. The molecule has 0 nitrogen and oxygen atoms in total. The zero-order chi connectivity index (χ0) is 10.6. The Hall–Kier alpha value is -0.780. The molecule has 0 aliphatic heterocycles. The molecule has 0 N–H and O–H groups in total. The Bertz CT molecular complexity index is 273. The highest BCUT2D eigenvalue weighted by atomic mass is 14.1. The van der Waals surface area contributed by atoms with E-state index in [1.54, 1.807) is 0 Å². The van der Waals surface area contributed by atoms with E-state index >= 15 is 0 Å². The summed E-state index contributed by atoms with van der Waals surface area (Å²) in [6.07, 6.45) is 2.38. The molecule has 0 aliphatic carbocycles. The Balaban J connectivity index is 2.75. The minimum absolute atomic E-state index is 0.778. The molecule has 1 unspecified atom stereocenters. The third kappa shape index (κ3) is 2.87. The molecule has 78 valence electrons. The SMILES string of the molecule is CCc1ccccc1CC(C)C(C)C. The van der Waals surface area contributed by atoms with E-state index in [2.05, 4.69) is 52.0 Å². The van der Waals surface area contributed by atoms with Crippen LogP contribution < -0.4 is 0 Å². The molecule has 0 saturated carbocycles. The van der Waals surface area contributed by atoms with Crippen molar-refractivity contribution in [2.45, 2.75) is 40.5 Å². The second-order valence-corrected chi connectivity index (χ2v) is 4.55. The molecule has 1 rings (SSSR count). The number of rotatable bonds is 4. The highest BCUT2D eigenvalue weighted by molar-refractivity contribution is 5.27. The van der Waals surface area contributed by atoms with Gasteiger partial charge in [0.05, 0.1) is 0 Å². The molecule has 0 radical (unpaired) electrons. The maximum atomic E-state index is 2.34. The summed E-state index contributed by atoms with van der Waals surface area (Å²) in [5.41, 5.74) is 3.05. The van der Waals surface area contributed by atoms with Crippen LogP contribution in [0.3, 0.4) is 0 Å². The molecule has 0 heteroatoms. The van der Waals surface area contributed by atoms with Gasteiger partial charge >= 0.3 is 0 Å². The van der Waals surface area contributed by atoms with Crippen LogP contribution in [0.5, 0.6) is 0 Å². The monoisotopic (exact) mass is 190 g/mol. The smallest absolute Gasteiger partial charge is 0.0248 e. The fourth-order valence-electron chi connectivity index (χ4n) is 1.68. The average molecular weight is 190 g/mol. The minimum atomic E-state index is 0.778. The van der Waals surface area contributed by atoms with E-state index in [9.17, 15) is 0 Å². The van der Waals surface area contributed by atoms with Gasteiger partial charge in [-0.05, 0) is 35.8 Å². The zero-order valence-corrected chi connectivity index (χ0v) is 9.88. The third-order valence-corrected chi connectivity index (χ3v) is 3.18. The first-order valence-corrected chi connectivity index (χ1v) is 5.72. The van der Waals surface area contributed by atoms with Gasteiger partial charge in [0.25, 0.3) is 0 Å². The van der Waals surface area contributed by atoms with Gasteiger partial charge in [-0.15, -0.1) is 0 Å². The van der Waals surface area contributed by atoms with Gasteiger partial charge in [-0.25, -0.2) is 0 Å². The second kappa shape index (κ2) is 5.19. The molecule has 0 aliphatic rings. The van der Waals surface area contributed by atoms with Crippen LogP contribution >= 0.6 is 0 Å². The summed E-state index contributed by atoms with van der Waals surface area (Å²) in [6, 6.07) is 8.82. The van der Waals surface area contributed by atoms with E-state index < -0.39 is 0 Å². The van der Waals surface area contributed by atoms with Crippen molar-refractivity contribution >= 4 is 0 Å². The summed E-state index contributed by atoms with van der Waals surface area (Å²) in [5, 5.41) is 0. The van der Waals surface area contributed by atoms with Gasteiger partial charge in [0, 0.05) is 0 Å². The van der Waals surface area contributed by atoms with Gasteiger partial charge in [-0.2, -0.15) is 0 Å². The van der Waals surface area contributed by atoms with Crippen molar-refractivity contribution < 1.29 is 0 Å². The van der Waals surface area contributed by atoms with Crippen LogP contribution in [0.2, 0.25) is 0 Å². The fraction of sp³-hybridized carbons (Fsp3) is 0.571. The first-order chi connectivity index (χ1) is 6.65. The highest BCUT2D eigenvalue weighted by Gasteiger charge is 2.09. The minimum Gasteiger partial charge on any atom is -0.0625 e. The summed E-state index contributed by atoms with van der Waals surface area (Å²) in [4.78, 5) is 0. The second-order valence-electron chi connectivity index (χ2n) is 4.55. The van der Waals surface area contributed by atoms with Crippen molar-refractivity contribution in [3.05, 3.63) is 35.4 Å². The predicted octanol–water partition coefficient (Wildman–Crippen LogP) is 4.08. The average Bonchev–Trinajstić information content (AvgIpc) is 2.18. The van der Waals surface area contributed by atoms with E-state index in [1.807, 2.05) is 0 Å². The molecular formula is C14H22. The van der Waals surface area contributed by atoms with Crippen LogP contribution in [0.15, 0.2) is 24.3 Å². The Morgan fingerprint density at radius 1 is 1.00 bits per heavy atom. The topological polar surface area (TPSA) is 0 Å². The lowest BCUT2D eigenvalue weighted by Crippen LogP contribution is -2.08. The molecule has 0 fully saturated rings. The van der Waals surface area contributed by atoms with Gasteiger partial charge in [0.15, 0.2) is 0 Å². The summed E-state index contributed by atoms with van der Waals surface area (Å²) in [5.74, 6) is 1.56. The highest BCUT2D eigenvalue weighted by Crippen LogP contribution is 2.19. The summed E-state index contributed by atoms with van der Waals surface area (Å²) in [7, 11) is 0. The van der Waals surface area contributed by atoms with Crippen molar-refractivity contribution in [3.8, 4) is 0 Å². The lowest BCUT2D eigenvalue weighted by molar-refractivity contribution is 0.416. The summed E-state index contributed by atoms with van der Waals surface area (Å²) >= 11 is 0. The fourth-order valence-corrected chi connectivity index (χ4v) is 1.68. The van der Waals surface area contributed by atoms with E-state index in [-0.39, 0.29) is 0 Å². The molecule has 14 heavy (non-hydrogen) atoms. The van der Waals surface area contributed by atoms with E-state index in [1.165, 1.54) is 17.5 Å². The Morgan fingerprint density at radius 3 is 2.07 bits per heavy atom. The Labute approximate surface area is 88.4 Å². The predicted molar refractivity (Wildman–Crippen MR) is 63.5 cm³/mol. The molecule has 0 spiro atoms. The first-order valence-electron chi connectivity index (χ1n) is 5.72. The number of benzene rings is 1. The van der Waals surface area contributed by atoms with E-state index in [4.69, 9.17) is 0 Å². The summed E-state index contributed by atoms with van der Waals surface area (Å²) in [6.45, 7) is 9.19. The Kier molecular flexibility index (Phi) is 4.19. The molecule has 1 atom stereocenters. The maximum absolute atomic E-state index is 2.34. The van der Waals surface area contributed by atoms with Crippen LogP contribution in [-0.4, -0.2) is 0 Å². The van der Waals surface area contributed by atoms with Crippen molar-refractivity contribution in [1.82, 2.24) is 0 Å². The maximum Gasteiger partial charge on any atom is -0.0248 e. The molecule has 1 aromatic rings. The van der Waals surface area contributed by atoms with E-state index in [0.717, 1.165) is 18.3 Å². The normalized spacial score (nSPS) is 13.2. The Morgan fingerprint density at radius 2 is 1.57 bits per heavy atom. The first kappa shape index (κ1) is 11.3. The third-order valence-electron chi connectivity index (χ3n) is 3.18. The summed E-state index contributed by atoms with van der Waals surface area (Å²) < 4.78 is 0. The molecule has 0 heterocycles. The van der Waals surface area contributed by atoms with Crippen molar-refractivity contribution in [2.24, 2.45) is 11.8 Å². The molecule has 1 aromatic carbocycles. The number of aryl methyl sites for hydroxylation is 1. The van der Waals surface area contributed by atoms with Crippen LogP contribution in [0.4, 0.5) is 0 Å². The quantitative estimate of drug-likeness (QED) is 0.671. The number of hydrogen-bond acceptors (Lipinski definition) is 0. The van der Waals surface area contributed by atoms with Crippen LogP contribution in [0, 0.1) is 11.8 Å². The van der Waals surface area contributed by atoms with E-state index in [0.29, 0.717) is 0 Å². The lowest BCUT2D eigenvalue weighted by Gasteiger charge is -2.17. The van der Waals surface area contributed by atoms with Crippen LogP contribution in [-0.2, 0) is 12.8 Å². The van der Waals surface area contributed by atoms with Gasteiger partial charge < -0.3 is 0 Å². The molecule has 0 amide bonds. The van der Waals surface area contributed by atoms with Gasteiger partial charge in [0.2, 0.25) is 0 Å². The van der Waals surface area contributed by atoms with Crippen LogP contribution in [0.25, 0.3) is 0 Å². The van der Waals surface area contributed by atoms with Crippen molar-refractivity contribution in [1.29, 1.82) is 0 Å². The zero-order valence-electron chi connectivity index (χ0n) is 9.88. The number of hydrogen-bond donors (Lipinski definition) is 0. The molecule has 0 saturated heterocycles. The molecular weight excluding hydrogens is 168 g/mol. The van der Waals surface area contributed by atoms with Gasteiger partial charge in [-0.1, -0.05) is 52.0 Å². The lowest BCUT2D eigenvalue weighted by atomic mass is 9.89. The largest absolute Gasteiger partial charge is 0.0625 e.